The summed E-state index contributed by atoms with van der Waals surface area (Å²) < 4.78 is 0.910. The molecule has 0 fully saturated rings. The average Bonchev–Trinajstić information content (AvgIpc) is 2.22. The van der Waals surface area contributed by atoms with Crippen LogP contribution < -0.4 is 5.32 Å². The fraction of sp³-hybridized carbons (Fsp3) is 0.417. The van der Waals surface area contributed by atoms with Crippen LogP contribution in [0.15, 0.2) is 22.7 Å². The Morgan fingerprint density at radius 3 is 2.75 bits per heavy atom. The number of hydrogen-bond acceptors (Lipinski definition) is 2. The van der Waals surface area contributed by atoms with Gasteiger partial charge in [0.25, 0.3) is 5.91 Å². The zero-order valence-electron chi connectivity index (χ0n) is 9.29. The molecule has 0 aliphatic rings. The number of benzene rings is 1. The highest BCUT2D eigenvalue weighted by atomic mass is 79.9. The van der Waals surface area contributed by atoms with E-state index in [0.717, 1.165) is 22.9 Å². The Bertz CT molecular complexity index is 346. The first-order valence-corrected chi connectivity index (χ1v) is 6.09. The third kappa shape index (κ3) is 4.33. The maximum atomic E-state index is 11.7. The number of amides is 1. The predicted octanol–water partition coefficient (Wildman–Crippen LogP) is 2.26. The van der Waals surface area contributed by atoms with Crippen molar-refractivity contribution < 1.29 is 9.90 Å². The molecule has 0 saturated carbocycles. The standard InChI is InChI=1S/C12H16BrNO2/c1-9-6-10(8-11(13)7-9)12(16)14-4-2-3-5-15/h6-8,15H,2-5H2,1H3,(H,14,16). The van der Waals surface area contributed by atoms with Gasteiger partial charge in [0.1, 0.15) is 0 Å². The molecule has 0 unspecified atom stereocenters. The van der Waals surface area contributed by atoms with E-state index in [1.165, 1.54) is 0 Å². The zero-order valence-corrected chi connectivity index (χ0v) is 10.9. The minimum absolute atomic E-state index is 0.0673. The molecule has 0 heterocycles. The van der Waals surface area contributed by atoms with Crippen molar-refractivity contribution in [3.63, 3.8) is 0 Å². The van der Waals surface area contributed by atoms with E-state index in [4.69, 9.17) is 5.11 Å². The van der Waals surface area contributed by atoms with E-state index in [1.807, 2.05) is 19.1 Å². The molecule has 88 valence electrons. The van der Waals surface area contributed by atoms with Gasteiger partial charge in [-0.05, 0) is 43.5 Å². The van der Waals surface area contributed by atoms with Crippen molar-refractivity contribution in [2.75, 3.05) is 13.2 Å². The van der Waals surface area contributed by atoms with Gasteiger partial charge in [0.2, 0.25) is 0 Å². The number of aliphatic hydroxyl groups is 1. The molecule has 0 aliphatic heterocycles. The average molecular weight is 286 g/mol. The summed E-state index contributed by atoms with van der Waals surface area (Å²) in [5, 5.41) is 11.4. The van der Waals surface area contributed by atoms with Crippen molar-refractivity contribution >= 4 is 21.8 Å². The van der Waals surface area contributed by atoms with E-state index in [2.05, 4.69) is 21.2 Å². The molecule has 1 rings (SSSR count). The van der Waals surface area contributed by atoms with Crippen molar-refractivity contribution in [1.29, 1.82) is 0 Å². The summed E-state index contributed by atoms with van der Waals surface area (Å²) in [4.78, 5) is 11.7. The molecule has 0 saturated heterocycles. The molecule has 0 radical (unpaired) electrons. The van der Waals surface area contributed by atoms with Gasteiger partial charge in [-0.25, -0.2) is 0 Å². The second kappa shape index (κ2) is 6.66. The number of hydrogen-bond donors (Lipinski definition) is 2. The molecule has 0 aliphatic carbocycles. The van der Waals surface area contributed by atoms with Gasteiger partial charge in [0.15, 0.2) is 0 Å². The Hall–Kier alpha value is -0.870. The van der Waals surface area contributed by atoms with Crippen LogP contribution in [-0.4, -0.2) is 24.2 Å². The number of carbonyl (C=O) groups excluding carboxylic acids is 1. The number of aryl methyl sites for hydroxylation is 1. The predicted molar refractivity (Wildman–Crippen MR) is 67.5 cm³/mol. The first-order chi connectivity index (χ1) is 7.63. The Balaban J connectivity index is 2.52. The molecule has 1 aromatic rings. The SMILES string of the molecule is Cc1cc(Br)cc(C(=O)NCCCCO)c1. The third-order valence-corrected chi connectivity index (χ3v) is 2.63. The molecule has 1 aromatic carbocycles. The lowest BCUT2D eigenvalue weighted by Gasteiger charge is -2.06. The molecule has 3 nitrogen and oxygen atoms in total. The zero-order chi connectivity index (χ0) is 12.0. The topological polar surface area (TPSA) is 49.3 Å². The highest BCUT2D eigenvalue weighted by molar-refractivity contribution is 9.10. The quantitative estimate of drug-likeness (QED) is 0.816. The van der Waals surface area contributed by atoms with Gasteiger partial charge in [-0.15, -0.1) is 0 Å². The lowest BCUT2D eigenvalue weighted by Crippen LogP contribution is -2.24. The molecule has 2 N–H and O–H groups in total. The number of aliphatic hydroxyl groups excluding tert-OH is 1. The van der Waals surface area contributed by atoms with Gasteiger partial charge in [0, 0.05) is 23.2 Å². The van der Waals surface area contributed by atoms with Gasteiger partial charge < -0.3 is 10.4 Å². The van der Waals surface area contributed by atoms with Crippen LogP contribution in [0.4, 0.5) is 0 Å². The van der Waals surface area contributed by atoms with Crippen LogP contribution in [0.25, 0.3) is 0 Å². The lowest BCUT2D eigenvalue weighted by molar-refractivity contribution is 0.0952. The Kier molecular flexibility index (Phi) is 5.49. The van der Waals surface area contributed by atoms with Crippen LogP contribution >= 0.6 is 15.9 Å². The van der Waals surface area contributed by atoms with Crippen molar-refractivity contribution in [3.8, 4) is 0 Å². The van der Waals surface area contributed by atoms with Crippen molar-refractivity contribution in [2.24, 2.45) is 0 Å². The fourth-order valence-electron chi connectivity index (χ4n) is 1.41. The van der Waals surface area contributed by atoms with Gasteiger partial charge in [0.05, 0.1) is 0 Å². The molecule has 0 spiro atoms. The number of carbonyl (C=O) groups is 1. The van der Waals surface area contributed by atoms with Gasteiger partial charge in [-0.3, -0.25) is 4.79 Å². The minimum atomic E-state index is -0.0673. The minimum Gasteiger partial charge on any atom is -0.396 e. The summed E-state index contributed by atoms with van der Waals surface area (Å²) >= 11 is 3.36. The summed E-state index contributed by atoms with van der Waals surface area (Å²) in [6, 6.07) is 5.61. The molecule has 16 heavy (non-hydrogen) atoms. The summed E-state index contributed by atoms with van der Waals surface area (Å²) in [5.74, 6) is -0.0673. The Labute approximate surface area is 104 Å². The Morgan fingerprint density at radius 2 is 2.12 bits per heavy atom. The first kappa shape index (κ1) is 13.2. The molecular formula is C12H16BrNO2. The van der Waals surface area contributed by atoms with Gasteiger partial charge in [-0.1, -0.05) is 15.9 Å². The monoisotopic (exact) mass is 285 g/mol. The maximum absolute atomic E-state index is 11.7. The second-order valence-electron chi connectivity index (χ2n) is 3.70. The summed E-state index contributed by atoms with van der Waals surface area (Å²) in [7, 11) is 0. The molecule has 0 bridgehead atoms. The number of nitrogens with one attached hydrogen (secondary N) is 1. The molecule has 4 heteroatoms. The van der Waals surface area contributed by atoms with Crippen molar-refractivity contribution in [2.45, 2.75) is 19.8 Å². The number of rotatable bonds is 5. The molecule has 1 amide bonds. The second-order valence-corrected chi connectivity index (χ2v) is 4.62. The molecule has 0 aromatic heterocycles. The number of halogens is 1. The lowest BCUT2D eigenvalue weighted by atomic mass is 10.1. The summed E-state index contributed by atoms with van der Waals surface area (Å²) in [5.41, 5.74) is 1.71. The Morgan fingerprint density at radius 1 is 1.38 bits per heavy atom. The molecule has 0 atom stereocenters. The van der Waals surface area contributed by atoms with Crippen LogP contribution in [0.3, 0.4) is 0 Å². The van der Waals surface area contributed by atoms with E-state index < -0.39 is 0 Å². The van der Waals surface area contributed by atoms with Crippen molar-refractivity contribution in [1.82, 2.24) is 5.32 Å². The van der Waals surface area contributed by atoms with E-state index in [9.17, 15) is 4.79 Å². The number of unbranched alkanes of at least 4 members (excludes halogenated alkanes) is 1. The first-order valence-electron chi connectivity index (χ1n) is 5.29. The van der Waals surface area contributed by atoms with Crippen LogP contribution in [0.2, 0.25) is 0 Å². The van der Waals surface area contributed by atoms with E-state index >= 15 is 0 Å². The highest BCUT2D eigenvalue weighted by Crippen LogP contribution is 2.15. The summed E-state index contributed by atoms with van der Waals surface area (Å²) in [6.07, 6.45) is 1.52. The summed E-state index contributed by atoms with van der Waals surface area (Å²) in [6.45, 7) is 2.73. The van der Waals surface area contributed by atoms with Crippen LogP contribution in [0.1, 0.15) is 28.8 Å². The normalized spacial score (nSPS) is 10.2. The largest absolute Gasteiger partial charge is 0.396 e. The smallest absolute Gasteiger partial charge is 0.251 e. The third-order valence-electron chi connectivity index (χ3n) is 2.17. The van der Waals surface area contributed by atoms with E-state index in [1.54, 1.807) is 6.07 Å². The van der Waals surface area contributed by atoms with E-state index in [-0.39, 0.29) is 12.5 Å². The van der Waals surface area contributed by atoms with Crippen LogP contribution in [0.5, 0.6) is 0 Å². The van der Waals surface area contributed by atoms with Gasteiger partial charge >= 0.3 is 0 Å². The fourth-order valence-corrected chi connectivity index (χ4v) is 2.02. The van der Waals surface area contributed by atoms with Crippen LogP contribution in [-0.2, 0) is 0 Å². The highest BCUT2D eigenvalue weighted by Gasteiger charge is 2.05. The van der Waals surface area contributed by atoms with Crippen LogP contribution in [0, 0.1) is 6.92 Å². The maximum Gasteiger partial charge on any atom is 0.251 e. The molecular weight excluding hydrogens is 270 g/mol. The van der Waals surface area contributed by atoms with Crippen molar-refractivity contribution in [3.05, 3.63) is 33.8 Å². The van der Waals surface area contributed by atoms with Gasteiger partial charge in [-0.2, -0.15) is 0 Å². The van der Waals surface area contributed by atoms with E-state index in [0.29, 0.717) is 12.1 Å².